The second-order valence-corrected chi connectivity index (χ2v) is 5.51. The normalized spacial score (nSPS) is 10.8. The van der Waals surface area contributed by atoms with E-state index in [4.69, 9.17) is 0 Å². The molecule has 2 heterocycles. The minimum Gasteiger partial charge on any atom is -0.246 e. The lowest BCUT2D eigenvalue weighted by Gasteiger charge is -2.21. The highest BCUT2D eigenvalue weighted by molar-refractivity contribution is 5.81. The maximum absolute atomic E-state index is 4.27. The molecule has 0 unspecified atom stereocenters. The van der Waals surface area contributed by atoms with E-state index in [9.17, 15) is 0 Å². The van der Waals surface area contributed by atoms with Gasteiger partial charge in [0, 0.05) is 0 Å². The van der Waals surface area contributed by atoms with E-state index in [1.165, 1.54) is 25.3 Å². The Morgan fingerprint density at radius 2 is 1.15 bits per heavy atom. The van der Waals surface area contributed by atoms with Crippen LogP contribution in [0.15, 0.2) is 79.9 Å². The van der Waals surface area contributed by atoms with Gasteiger partial charge in [-0.05, 0) is 17.2 Å². The average molecular weight is 353 g/mol. The minimum atomic E-state index is 0.428. The van der Waals surface area contributed by atoms with Crippen molar-refractivity contribution in [2.45, 2.75) is 0 Å². The lowest BCUT2D eigenvalue weighted by atomic mass is 10.1. The number of benzene rings is 2. The molecular weight excluding hydrogens is 338 g/mol. The zero-order valence-electron chi connectivity index (χ0n) is 14.3. The van der Waals surface area contributed by atoms with E-state index in [0.29, 0.717) is 11.9 Å². The van der Waals surface area contributed by atoms with Crippen molar-refractivity contribution in [1.29, 1.82) is 0 Å². The maximum atomic E-state index is 4.27. The van der Waals surface area contributed by atoms with Gasteiger partial charge in [0.15, 0.2) is 0 Å². The molecule has 0 aliphatic rings. The van der Waals surface area contributed by atoms with Crippen LogP contribution in [-0.2, 0) is 0 Å². The fourth-order valence-corrected chi connectivity index (χ4v) is 2.58. The van der Waals surface area contributed by atoms with E-state index in [-0.39, 0.29) is 0 Å². The fourth-order valence-electron chi connectivity index (χ4n) is 2.58. The zero-order valence-corrected chi connectivity index (χ0v) is 14.3. The van der Waals surface area contributed by atoms with Gasteiger partial charge in [0.1, 0.15) is 25.3 Å². The van der Waals surface area contributed by atoms with Gasteiger partial charge in [-0.25, -0.2) is 34.8 Å². The molecule has 0 saturated heterocycles. The van der Waals surface area contributed by atoms with Crippen molar-refractivity contribution in [1.82, 2.24) is 29.9 Å². The Bertz CT molecular complexity index is 982. The zero-order chi connectivity index (χ0) is 18.3. The SMILES string of the molecule is C(=Cc1ccccc1N(c1ncncn1)c1ncncn1)c1ccccc1. The van der Waals surface area contributed by atoms with Crippen LogP contribution < -0.4 is 4.90 Å². The third-order valence-electron chi connectivity index (χ3n) is 3.79. The highest BCUT2D eigenvalue weighted by Crippen LogP contribution is 2.32. The van der Waals surface area contributed by atoms with Gasteiger partial charge in [-0.3, -0.25) is 0 Å². The Morgan fingerprint density at radius 3 is 1.78 bits per heavy atom. The van der Waals surface area contributed by atoms with E-state index < -0.39 is 0 Å². The van der Waals surface area contributed by atoms with Crippen LogP contribution in [-0.4, -0.2) is 29.9 Å². The molecule has 0 spiro atoms. The number of rotatable bonds is 5. The summed E-state index contributed by atoms with van der Waals surface area (Å²) in [5.41, 5.74) is 2.93. The van der Waals surface area contributed by atoms with E-state index in [0.717, 1.165) is 16.8 Å². The molecule has 0 radical (unpaired) electrons. The summed E-state index contributed by atoms with van der Waals surface area (Å²) in [4.78, 5) is 26.6. The standard InChI is InChI=1S/C20H15N7/c1-2-6-16(7-3-1)10-11-17-8-4-5-9-18(17)27(19-23-12-21-13-24-19)20-25-14-22-15-26-20/h1-15H. The van der Waals surface area contributed by atoms with Crippen LogP contribution in [0.3, 0.4) is 0 Å². The second kappa shape index (κ2) is 7.92. The van der Waals surface area contributed by atoms with Crippen molar-refractivity contribution >= 4 is 29.7 Å². The van der Waals surface area contributed by atoms with Crippen LogP contribution in [0.4, 0.5) is 17.6 Å². The van der Waals surface area contributed by atoms with Crippen molar-refractivity contribution in [3.63, 3.8) is 0 Å². The Morgan fingerprint density at radius 1 is 0.593 bits per heavy atom. The van der Waals surface area contributed by atoms with Crippen LogP contribution in [0.5, 0.6) is 0 Å². The molecule has 0 bridgehead atoms. The highest BCUT2D eigenvalue weighted by Gasteiger charge is 2.19. The van der Waals surface area contributed by atoms with Gasteiger partial charge >= 0.3 is 0 Å². The Labute approximate surface area is 156 Å². The molecule has 0 amide bonds. The van der Waals surface area contributed by atoms with Gasteiger partial charge in [-0.15, -0.1) is 0 Å². The first kappa shape index (κ1) is 16.5. The summed E-state index contributed by atoms with van der Waals surface area (Å²) < 4.78 is 0. The molecule has 130 valence electrons. The molecule has 0 fully saturated rings. The number of nitrogens with zero attached hydrogens (tertiary/aromatic N) is 7. The molecule has 7 heteroatoms. The number of aromatic nitrogens is 6. The largest absolute Gasteiger partial charge is 0.246 e. The lowest BCUT2D eigenvalue weighted by molar-refractivity contribution is 0.947. The van der Waals surface area contributed by atoms with Crippen molar-refractivity contribution in [2.24, 2.45) is 0 Å². The summed E-state index contributed by atoms with van der Waals surface area (Å²) in [5.74, 6) is 0.855. The Hall–Kier alpha value is -4.00. The first-order chi connectivity index (χ1) is 13.4. The van der Waals surface area contributed by atoms with Gasteiger partial charge in [0.2, 0.25) is 11.9 Å². The van der Waals surface area contributed by atoms with E-state index >= 15 is 0 Å². The third-order valence-corrected chi connectivity index (χ3v) is 3.79. The molecule has 0 aliphatic carbocycles. The summed E-state index contributed by atoms with van der Waals surface area (Å²) in [6, 6.07) is 18.0. The summed E-state index contributed by atoms with van der Waals surface area (Å²) in [7, 11) is 0. The van der Waals surface area contributed by atoms with Crippen molar-refractivity contribution < 1.29 is 0 Å². The second-order valence-electron chi connectivity index (χ2n) is 5.51. The summed E-state index contributed by atoms with van der Waals surface area (Å²) in [6.07, 6.45) is 9.87. The molecule has 0 atom stereocenters. The molecular formula is C20H15N7. The molecule has 0 saturated carbocycles. The summed E-state index contributed by atoms with van der Waals surface area (Å²) in [6.45, 7) is 0. The van der Waals surface area contributed by atoms with Crippen LogP contribution in [0.2, 0.25) is 0 Å². The average Bonchev–Trinajstić information content (AvgIpc) is 2.76. The highest BCUT2D eigenvalue weighted by atomic mass is 15.3. The molecule has 4 aromatic rings. The molecule has 2 aromatic heterocycles. The fraction of sp³-hybridized carbons (Fsp3) is 0. The van der Waals surface area contributed by atoms with Crippen LogP contribution in [0.25, 0.3) is 12.2 Å². The smallest absolute Gasteiger partial charge is 0.240 e. The van der Waals surface area contributed by atoms with Crippen LogP contribution in [0.1, 0.15) is 11.1 Å². The van der Waals surface area contributed by atoms with Gasteiger partial charge in [-0.2, -0.15) is 0 Å². The number of para-hydroxylation sites is 1. The van der Waals surface area contributed by atoms with Gasteiger partial charge in [-0.1, -0.05) is 60.7 Å². The minimum absolute atomic E-state index is 0.428. The monoisotopic (exact) mass is 353 g/mol. The van der Waals surface area contributed by atoms with Crippen LogP contribution in [0, 0.1) is 0 Å². The first-order valence-corrected chi connectivity index (χ1v) is 8.28. The number of hydrogen-bond donors (Lipinski definition) is 0. The van der Waals surface area contributed by atoms with Crippen LogP contribution >= 0.6 is 0 Å². The van der Waals surface area contributed by atoms with Gasteiger partial charge in [0.25, 0.3) is 0 Å². The Kier molecular flexibility index (Phi) is 4.83. The van der Waals surface area contributed by atoms with Gasteiger partial charge < -0.3 is 0 Å². The first-order valence-electron chi connectivity index (χ1n) is 8.28. The quantitative estimate of drug-likeness (QED) is 0.506. The molecule has 27 heavy (non-hydrogen) atoms. The summed E-state index contributed by atoms with van der Waals surface area (Å²) in [5, 5.41) is 0. The number of hydrogen-bond acceptors (Lipinski definition) is 7. The maximum Gasteiger partial charge on any atom is 0.240 e. The molecule has 0 N–H and O–H groups in total. The molecule has 0 aliphatic heterocycles. The molecule has 4 rings (SSSR count). The summed E-state index contributed by atoms with van der Waals surface area (Å²) >= 11 is 0. The van der Waals surface area contributed by atoms with E-state index in [1.54, 1.807) is 4.90 Å². The lowest BCUT2D eigenvalue weighted by Crippen LogP contribution is -2.17. The Balaban J connectivity index is 1.81. The number of anilines is 3. The predicted molar refractivity (Wildman–Crippen MR) is 103 cm³/mol. The molecule has 2 aromatic carbocycles. The third kappa shape index (κ3) is 3.82. The predicted octanol–water partition coefficient (Wildman–Crippen LogP) is 3.70. The molecule has 7 nitrogen and oxygen atoms in total. The van der Waals surface area contributed by atoms with Crippen molar-refractivity contribution in [2.75, 3.05) is 4.90 Å². The van der Waals surface area contributed by atoms with Crippen molar-refractivity contribution in [3.8, 4) is 0 Å². The van der Waals surface area contributed by atoms with E-state index in [1.807, 2.05) is 48.5 Å². The van der Waals surface area contributed by atoms with Crippen molar-refractivity contribution in [3.05, 3.63) is 91.0 Å². The van der Waals surface area contributed by atoms with Gasteiger partial charge in [0.05, 0.1) is 5.69 Å². The van der Waals surface area contributed by atoms with E-state index in [2.05, 4.69) is 48.1 Å². The topological polar surface area (TPSA) is 80.6 Å².